The fraction of sp³-hybridized carbons (Fsp3) is 0.0750. The molecule has 0 N–H and O–H groups in total. The Morgan fingerprint density at radius 3 is 1.24 bits per heavy atom. The topological polar surface area (TPSA) is 144 Å². The maximum atomic E-state index is 5.15. The summed E-state index contributed by atoms with van der Waals surface area (Å²) in [6.07, 6.45) is 14.7. The van der Waals surface area contributed by atoms with Gasteiger partial charge in [0.15, 0.2) is 0 Å². The van der Waals surface area contributed by atoms with Crippen LogP contribution in [0.4, 0.5) is 23.0 Å². The van der Waals surface area contributed by atoms with Crippen LogP contribution in [0.5, 0.6) is 0 Å². The van der Waals surface area contributed by atoms with Crippen molar-refractivity contribution < 1.29 is 42.1 Å². The standard InChI is InChI=1S/2C40H26N7.2Pt/c1-46-25-47(38-34(46)18-9-22-43-38)40(33-17-5-3-13-29(33)31-15-8-21-42-37(31)40)27-11-6-10-26(24-27)39(35-19-23-44-45-35)32-16-4-2-12-28(32)30-14-7-20-41-36(30)39;1-46-25-47(38-34(46)15-8-23-43-38)40(33-14-5-3-10-29(33)31-12-7-22-42-37(31)40)27-18-16-26(17-19-27)39(35-20-24-44-45-35)32-13-4-2-9-28(32)30-11-6-21-41-36(30)39;;/h2-23,25H,1H3;2-16,18-25H,1H3;;/q2*-3;;. The van der Waals surface area contributed by atoms with E-state index in [4.69, 9.17) is 35.0 Å². The molecule has 14 nitrogen and oxygen atoms in total. The molecular weight excluding hydrogens is 1550 g/mol. The summed E-state index contributed by atoms with van der Waals surface area (Å²) in [5, 5.41) is 18.0. The van der Waals surface area contributed by atoms with Gasteiger partial charge in [-0.3, -0.25) is 19.9 Å². The summed E-state index contributed by atoms with van der Waals surface area (Å²) in [6, 6.07) is 83.9. The van der Waals surface area contributed by atoms with Crippen molar-refractivity contribution in [2.45, 2.75) is 21.9 Å². The molecule has 0 bridgehead atoms. The third kappa shape index (κ3) is 7.76. The summed E-state index contributed by atoms with van der Waals surface area (Å²) in [4.78, 5) is 39.0. The number of benzene rings is 6. The molecular formula is C80H52N14Pt2-6. The Balaban J connectivity index is 0.000000142. The molecule has 0 radical (unpaired) electrons. The summed E-state index contributed by atoms with van der Waals surface area (Å²) < 4.78 is 0. The number of pyridine rings is 6. The molecule has 6 aromatic carbocycles. The van der Waals surface area contributed by atoms with E-state index in [0.717, 1.165) is 146 Å². The van der Waals surface area contributed by atoms with E-state index in [-0.39, 0.29) is 42.1 Å². The second-order valence-corrected chi connectivity index (χ2v) is 24.4. The first-order valence-corrected chi connectivity index (χ1v) is 31.3. The summed E-state index contributed by atoms with van der Waals surface area (Å²) in [6.45, 7) is 4.28. The molecule has 6 aliphatic rings. The van der Waals surface area contributed by atoms with E-state index in [1.807, 2.05) is 85.7 Å². The van der Waals surface area contributed by atoms with E-state index < -0.39 is 21.9 Å². The van der Waals surface area contributed by atoms with Crippen molar-refractivity contribution in [1.29, 1.82) is 0 Å². The molecule has 10 heterocycles. The first-order chi connectivity index (χ1) is 46.5. The second kappa shape index (κ2) is 22.4. The minimum Gasteiger partial charge on any atom is -0.581 e. The van der Waals surface area contributed by atoms with Crippen LogP contribution in [0.1, 0.15) is 78.7 Å². The summed E-state index contributed by atoms with van der Waals surface area (Å²) in [5.41, 5.74) is 21.5. The Bertz CT molecular complexity index is 5170. The Labute approximate surface area is 583 Å². The molecule has 0 saturated carbocycles. The minimum absolute atomic E-state index is 0. The van der Waals surface area contributed by atoms with Gasteiger partial charge in [0, 0.05) is 124 Å². The number of hydrogen-bond donors (Lipinski definition) is 0. The average molecular weight is 1600 g/mol. The monoisotopic (exact) mass is 1600 g/mol. The zero-order chi connectivity index (χ0) is 62.3. The van der Waals surface area contributed by atoms with Crippen LogP contribution in [0, 0.1) is 25.5 Å². The van der Waals surface area contributed by atoms with Gasteiger partial charge in [0.2, 0.25) is 0 Å². The fourth-order valence-corrected chi connectivity index (χ4v) is 16.4. The van der Waals surface area contributed by atoms with E-state index in [1.54, 1.807) is 12.4 Å². The number of aromatic nitrogens is 10. The maximum Gasteiger partial charge on any atom is 0.122 e. The van der Waals surface area contributed by atoms with Gasteiger partial charge in [0.1, 0.15) is 11.6 Å². The smallest absolute Gasteiger partial charge is 0.122 e. The Kier molecular flexibility index (Phi) is 13.8. The molecule has 4 atom stereocenters. The quantitative estimate of drug-likeness (QED) is 0.133. The van der Waals surface area contributed by atoms with E-state index in [2.05, 4.69) is 244 Å². The predicted octanol–water partition coefficient (Wildman–Crippen LogP) is 13.5. The van der Waals surface area contributed by atoms with Crippen LogP contribution in [0.25, 0.3) is 44.5 Å². The SMILES string of the molecule is CN1[CH-]N(C2(c3[c-]c(C4(c5cc[n-]n5)c5ccccc5-c5cccnc54)ccc3)c3ccccc3-c3cccnc32)c2ncccc21.CN1[CH-]N(C2(c3c[c-]c(C4(c5cc[n-]n5)c5ccccc5-c5cccnc54)cc3)c3ccccc3-c3cccnc32)c2ncccc21.[Pt].[Pt]. The number of nitrogens with zero attached hydrogens (tertiary/aromatic N) is 14. The third-order valence-corrected chi connectivity index (χ3v) is 20.1. The van der Waals surface area contributed by atoms with Crippen LogP contribution in [0.3, 0.4) is 0 Å². The number of rotatable bonds is 8. The van der Waals surface area contributed by atoms with Crippen LogP contribution in [-0.4, -0.2) is 54.2 Å². The Hall–Kier alpha value is -10.8. The van der Waals surface area contributed by atoms with Crippen molar-refractivity contribution >= 4 is 23.0 Å². The zero-order valence-electron chi connectivity index (χ0n) is 51.5. The molecule has 0 amide bonds. The van der Waals surface area contributed by atoms with Crippen molar-refractivity contribution in [2.24, 2.45) is 0 Å². The average Bonchev–Trinajstić information content (AvgIpc) is 1.59. The fourth-order valence-electron chi connectivity index (χ4n) is 16.4. The Morgan fingerprint density at radius 2 is 0.750 bits per heavy atom. The van der Waals surface area contributed by atoms with Gasteiger partial charge in [-0.2, -0.15) is 74.3 Å². The molecule has 2 aliphatic heterocycles. The van der Waals surface area contributed by atoms with Crippen LogP contribution in [0.2, 0.25) is 0 Å². The zero-order valence-corrected chi connectivity index (χ0v) is 56.0. The van der Waals surface area contributed by atoms with Crippen LogP contribution >= 0.6 is 0 Å². The second-order valence-electron chi connectivity index (χ2n) is 24.4. The first-order valence-electron chi connectivity index (χ1n) is 31.3. The van der Waals surface area contributed by atoms with Gasteiger partial charge in [-0.25, -0.2) is 9.97 Å². The molecule has 468 valence electrons. The van der Waals surface area contributed by atoms with Crippen LogP contribution in [0.15, 0.2) is 268 Å². The van der Waals surface area contributed by atoms with Crippen molar-refractivity contribution in [1.82, 2.24) is 50.3 Å². The third-order valence-electron chi connectivity index (χ3n) is 20.1. The number of anilines is 4. The molecule has 0 fully saturated rings. The van der Waals surface area contributed by atoms with E-state index in [1.165, 1.54) is 0 Å². The van der Waals surface area contributed by atoms with Gasteiger partial charge in [-0.05, 0) is 107 Å². The molecule has 4 aliphatic carbocycles. The van der Waals surface area contributed by atoms with Gasteiger partial charge < -0.3 is 40.0 Å². The molecule has 8 aromatic heterocycles. The summed E-state index contributed by atoms with van der Waals surface area (Å²) >= 11 is 0. The van der Waals surface area contributed by atoms with Gasteiger partial charge in [-0.1, -0.05) is 133 Å². The molecule has 16 heteroatoms. The van der Waals surface area contributed by atoms with Gasteiger partial charge in [-0.15, -0.1) is 22.3 Å². The van der Waals surface area contributed by atoms with Gasteiger partial charge >= 0.3 is 0 Å². The van der Waals surface area contributed by atoms with Crippen molar-refractivity contribution in [3.8, 4) is 44.5 Å². The van der Waals surface area contributed by atoms with Crippen molar-refractivity contribution in [3.05, 3.63) is 372 Å². The van der Waals surface area contributed by atoms with E-state index >= 15 is 0 Å². The van der Waals surface area contributed by atoms with Crippen LogP contribution < -0.4 is 29.8 Å². The van der Waals surface area contributed by atoms with Crippen molar-refractivity contribution in [3.63, 3.8) is 0 Å². The van der Waals surface area contributed by atoms with Gasteiger partial charge in [0.05, 0.1) is 44.7 Å². The molecule has 4 unspecified atom stereocenters. The predicted molar refractivity (Wildman–Crippen MR) is 361 cm³/mol. The van der Waals surface area contributed by atoms with Crippen LogP contribution in [-0.2, 0) is 64.0 Å². The maximum absolute atomic E-state index is 5.15. The molecule has 96 heavy (non-hydrogen) atoms. The normalized spacial score (nSPS) is 19.6. The minimum atomic E-state index is -0.874. The van der Waals surface area contributed by atoms with Crippen molar-refractivity contribution in [2.75, 3.05) is 33.7 Å². The molecule has 20 rings (SSSR count). The summed E-state index contributed by atoms with van der Waals surface area (Å²) in [7, 11) is 4.13. The summed E-state index contributed by atoms with van der Waals surface area (Å²) in [5.74, 6) is 1.73. The molecule has 0 spiro atoms. The van der Waals surface area contributed by atoms with Gasteiger partial charge in [0.25, 0.3) is 0 Å². The number of hydrogen-bond acceptors (Lipinski definition) is 12. The largest absolute Gasteiger partial charge is 0.581 e. The van der Waals surface area contributed by atoms with E-state index in [0.29, 0.717) is 0 Å². The first kappa shape index (κ1) is 59.0. The van der Waals surface area contributed by atoms with E-state index in [9.17, 15) is 0 Å². The number of fused-ring (bicyclic) bond motifs is 14. The Morgan fingerprint density at radius 1 is 0.354 bits per heavy atom. The molecule has 14 aromatic rings. The molecule has 0 saturated heterocycles.